The van der Waals surface area contributed by atoms with Gasteiger partial charge in [-0.1, -0.05) is 30.7 Å². The first-order chi connectivity index (χ1) is 45.8. The van der Waals surface area contributed by atoms with Crippen molar-refractivity contribution in [1.82, 2.24) is 56.6 Å². The number of furan rings is 2. The molecule has 0 bridgehead atoms. The minimum absolute atomic E-state index is 0.0250. The van der Waals surface area contributed by atoms with Crippen molar-refractivity contribution < 1.29 is 84.0 Å². The maximum atomic E-state index is 13.2. The highest BCUT2D eigenvalue weighted by Gasteiger charge is 2.55. The van der Waals surface area contributed by atoms with E-state index in [4.69, 9.17) is 65.0 Å². The fraction of sp³-hybridized carbons (Fsp3) is 0.211. The van der Waals surface area contributed by atoms with Gasteiger partial charge in [-0.15, -0.1) is 11.4 Å². The lowest BCUT2D eigenvalue weighted by molar-refractivity contribution is -0.126. The van der Waals surface area contributed by atoms with Crippen LogP contribution in [0.25, 0.3) is 27.0 Å². The number of urea groups is 3. The average molecular weight is 1160 g/mol. The molecule has 3 atom stereocenters. The summed E-state index contributed by atoms with van der Waals surface area (Å²) in [4.78, 5) is 128. The third-order valence-corrected chi connectivity index (χ3v) is 14.3. The van der Waals surface area contributed by atoms with Gasteiger partial charge in [-0.3, -0.25) is 50.1 Å². The molecule has 6 aliphatic heterocycles. The Morgan fingerprint density at radius 1 is 0.647 bits per heavy atom. The van der Waals surface area contributed by atoms with Crippen LogP contribution in [-0.4, -0.2) is 130 Å². The number of rotatable bonds is 12. The number of aromatic nitrogens is 2. The quantitative estimate of drug-likeness (QED) is 0.0287. The molecule has 3 saturated heterocycles. The largest absolute Gasteiger partial charge is 0.497 e. The lowest BCUT2D eigenvalue weighted by Gasteiger charge is -2.28. The Morgan fingerprint density at radius 2 is 1.07 bits per heavy atom. The standard InChI is InChI=1S/C21H18N6O5.C21H15N5O5.C15H13N3O4/c1-31-11-3-2-10-8-27(18(28)12(10)6-11)9-21(19(29)25-20(30)26-21)16-7-14-15(32-16)5-4-13(24-14)17(22)23;1-22-17-6-5-15-14(23-17)8-16(31-15)21(19(28)24-20(29)25-21)10-26-9-11-3-4-12(30-2)7-13(11)18(26)27;1-3-15(13(20)16-14(21)17-15)8-18-7-9-4-5-10(22-2)6-11(9)12(18)19/h2-7H,8-9H2,1H3,(H3,22,23)(H2,25,26,29,30);3-8H,9-10H2,2H3,(H2,24,25,28,29);1,4-6H,7-8H2,2H3,(H2,16,17,20,21)/t2*21-;15-/m001/s1/i1D3,4D,5D;2D3,5D,6D;2D3. The highest BCUT2D eigenvalue weighted by atomic mass is 16.5. The first-order valence-electron chi connectivity index (χ1n) is 31.1. The monoisotopic (exact) mass is 1160 g/mol. The molecule has 0 unspecified atom stereocenters. The maximum absolute atomic E-state index is 13.2. The van der Waals surface area contributed by atoms with E-state index < -0.39 is 121 Å². The number of hydrogen-bond donors (Lipinski definition) is 8. The zero-order valence-corrected chi connectivity index (χ0v) is 43.1. The lowest BCUT2D eigenvalue weighted by atomic mass is 9.95. The van der Waals surface area contributed by atoms with Gasteiger partial charge in [0.1, 0.15) is 45.8 Å². The molecule has 13 rings (SSSR count). The number of ether oxygens (including phenoxy) is 3. The molecule has 7 aromatic rings. The lowest BCUT2D eigenvalue weighted by Crippen LogP contribution is -2.54. The highest BCUT2D eigenvalue weighted by molar-refractivity contribution is 6.11. The molecule has 0 radical (unpaired) electrons. The zero-order valence-electron chi connectivity index (χ0n) is 56.1. The van der Waals surface area contributed by atoms with Gasteiger partial charge in [0.2, 0.25) is 0 Å². The van der Waals surface area contributed by atoms with Crippen LogP contribution >= 0.6 is 0 Å². The number of amidine groups is 1. The zero-order chi connectivity index (χ0) is 71.3. The third kappa shape index (κ3) is 9.63. The van der Waals surface area contributed by atoms with E-state index in [0.29, 0.717) is 16.7 Å². The van der Waals surface area contributed by atoms with Crippen molar-refractivity contribution in [3.8, 4) is 29.6 Å². The number of imide groups is 3. The molecule has 85 heavy (non-hydrogen) atoms. The minimum Gasteiger partial charge on any atom is -0.497 e. The number of nitrogens with zero attached hydrogens (tertiary/aromatic N) is 6. The van der Waals surface area contributed by atoms with Crippen LogP contribution < -0.4 is 51.8 Å². The van der Waals surface area contributed by atoms with E-state index in [1.807, 2.05) is 0 Å². The second-order valence-electron chi connectivity index (χ2n) is 19.4. The minimum atomic E-state index is -2.71. The first kappa shape index (κ1) is 41.2. The van der Waals surface area contributed by atoms with Crippen molar-refractivity contribution in [3.63, 3.8) is 0 Å². The van der Waals surface area contributed by atoms with E-state index in [1.54, 1.807) is 6.07 Å². The summed E-state index contributed by atoms with van der Waals surface area (Å²) in [6.07, 6.45) is 5.40. The van der Waals surface area contributed by atoms with Crippen molar-refractivity contribution in [2.75, 3.05) is 40.7 Å². The normalized spacial score (nSPS) is 23.3. The van der Waals surface area contributed by atoms with E-state index in [1.165, 1.54) is 75.4 Å². The molecule has 0 saturated carbocycles. The fourth-order valence-corrected chi connectivity index (χ4v) is 10.1. The Hall–Kier alpha value is -11.8. The highest BCUT2D eigenvalue weighted by Crippen LogP contribution is 2.38. The molecule has 6 aliphatic rings. The Balaban J connectivity index is 0.000000152. The van der Waals surface area contributed by atoms with Crippen molar-refractivity contribution in [2.24, 2.45) is 5.73 Å². The van der Waals surface area contributed by atoms with E-state index in [-0.39, 0.29) is 118 Å². The second kappa shape index (κ2) is 20.9. The van der Waals surface area contributed by atoms with Crippen molar-refractivity contribution in [1.29, 1.82) is 5.41 Å². The number of terminal acetylenes is 1. The van der Waals surface area contributed by atoms with Crippen molar-refractivity contribution >= 4 is 87.4 Å². The molecular weight excluding hydrogens is 1100 g/mol. The molecule has 3 fully saturated rings. The smallest absolute Gasteiger partial charge is 0.323 e. The summed E-state index contributed by atoms with van der Waals surface area (Å²) in [5, 5.41) is 21.2. The van der Waals surface area contributed by atoms with Crippen LogP contribution in [-0.2, 0) is 45.1 Å². The van der Waals surface area contributed by atoms with Gasteiger partial charge in [-0.25, -0.2) is 19.4 Å². The molecule has 28 nitrogen and oxygen atoms in total. The number of hydrogen-bond acceptors (Lipinski definition) is 17. The van der Waals surface area contributed by atoms with Crippen LogP contribution in [0.2, 0.25) is 0 Å². The molecule has 28 heteroatoms. The van der Waals surface area contributed by atoms with Crippen LogP contribution in [0.15, 0.2) is 99.7 Å². The number of carbonyl (C=O) groups excluding carboxylic acids is 9. The number of nitrogens with one attached hydrogen (secondary N) is 7. The second-order valence-corrected chi connectivity index (χ2v) is 19.4. The molecule has 4 aromatic heterocycles. The van der Waals surface area contributed by atoms with Crippen LogP contribution in [0.1, 0.15) is 82.8 Å². The molecular formula is C57H46N14O14. The number of nitrogens with two attached hydrogens (primary N) is 1. The van der Waals surface area contributed by atoms with Gasteiger partial charge in [0.25, 0.3) is 41.3 Å². The van der Waals surface area contributed by atoms with Crippen LogP contribution in [0.5, 0.6) is 17.2 Å². The van der Waals surface area contributed by atoms with Gasteiger partial charge < -0.3 is 64.3 Å². The topological polar surface area (TPSA) is 370 Å². The van der Waals surface area contributed by atoms with E-state index >= 15 is 0 Å². The fourth-order valence-electron chi connectivity index (χ4n) is 10.1. The van der Waals surface area contributed by atoms with Crippen molar-refractivity contribution in [3.05, 3.63) is 153 Å². The Labute approximate surface area is 497 Å². The Bertz CT molecular complexity index is 4810. The number of nitrogen functional groups attached to an aromatic ring is 1. The summed E-state index contributed by atoms with van der Waals surface area (Å²) in [6.45, 7) is 6.46. The van der Waals surface area contributed by atoms with E-state index in [9.17, 15) is 43.2 Å². The summed E-state index contributed by atoms with van der Waals surface area (Å²) in [7, 11) is -8.04. The third-order valence-electron chi connectivity index (χ3n) is 14.3. The number of pyridine rings is 2. The molecule has 3 aromatic carbocycles. The first-order valence-corrected chi connectivity index (χ1v) is 24.6. The molecule has 0 aliphatic carbocycles. The summed E-state index contributed by atoms with van der Waals surface area (Å²) in [6, 6.07) is 11.3. The van der Waals surface area contributed by atoms with Crippen LogP contribution in [0.4, 0.5) is 20.2 Å². The van der Waals surface area contributed by atoms with Gasteiger partial charge in [0, 0.05) is 48.5 Å². The summed E-state index contributed by atoms with van der Waals surface area (Å²) < 4.78 is 123. The number of methoxy groups -OCH3 is 3. The molecule has 12 amide bonds. The van der Waals surface area contributed by atoms with Gasteiger partial charge in [-0.2, -0.15) is 0 Å². The number of carbonyl (C=O) groups is 9. The predicted molar refractivity (Wildman–Crippen MR) is 293 cm³/mol. The summed E-state index contributed by atoms with van der Waals surface area (Å²) in [5.74, 6) is -2.79. The Kier molecular flexibility index (Phi) is 10.2. The van der Waals surface area contributed by atoms with Gasteiger partial charge in [0.05, 0.1) is 58.6 Å². The maximum Gasteiger partial charge on any atom is 0.323 e. The Morgan fingerprint density at radius 3 is 1.46 bits per heavy atom. The number of benzene rings is 3. The van der Waals surface area contributed by atoms with Gasteiger partial charge in [0.15, 0.2) is 33.3 Å². The van der Waals surface area contributed by atoms with E-state index in [2.05, 4.69) is 52.6 Å². The molecule has 10 heterocycles. The summed E-state index contributed by atoms with van der Waals surface area (Å²) in [5.41, 5.74) is 1.88. The van der Waals surface area contributed by atoms with Crippen molar-refractivity contribution in [2.45, 2.75) is 36.3 Å². The van der Waals surface area contributed by atoms with E-state index in [0.717, 1.165) is 0 Å². The number of fused-ring (bicyclic) bond motifs is 5. The predicted octanol–water partition coefficient (Wildman–Crippen LogP) is 2.75. The van der Waals surface area contributed by atoms with Gasteiger partial charge >= 0.3 is 18.1 Å². The SMILES string of the molecule is [2H]C([2H])([2H])Oc1ccc2c(c1)C(=O)N(C[C@@]1(C#C)NC(=O)NC1=O)C2.[2H]c1c(C(=N)N)nc2cc([C@]3(CN4Cc5ccc(OC([2H])([2H])[2H])cc5C4=O)NC(=O)NC3=O)oc2c1[2H].[2H]c1c([N+]#[C-])nc2cc([C@]3(CN4Cc5ccc(OC([2H])([2H])[2H])cc5C4=O)NC(=O)NC3=O)oc2c1[2H]. The molecule has 0 spiro atoms. The van der Waals surface area contributed by atoms with Gasteiger partial charge in [-0.05, 0) is 77.3 Å². The summed E-state index contributed by atoms with van der Waals surface area (Å²) >= 11 is 0. The number of amides is 12. The van der Waals surface area contributed by atoms with Crippen LogP contribution in [0, 0.1) is 24.3 Å². The average Bonchev–Trinajstić information content (AvgIpc) is 1.59. The van der Waals surface area contributed by atoms with Crippen LogP contribution in [0.3, 0.4) is 0 Å². The molecule has 9 N–H and O–H groups in total. The molecule has 428 valence electrons.